The fraction of sp³-hybridized carbons (Fsp3) is 0.231. The van der Waals surface area contributed by atoms with E-state index in [0.29, 0.717) is 6.42 Å². The number of benzene rings is 1. The van der Waals surface area contributed by atoms with Gasteiger partial charge < -0.3 is 9.72 Å². The number of H-pyrrole nitrogens is 1. The predicted molar refractivity (Wildman–Crippen MR) is 62.9 cm³/mol. The topological polar surface area (TPSA) is 65.9 Å². The van der Waals surface area contributed by atoms with E-state index in [0.717, 1.165) is 16.6 Å². The highest BCUT2D eigenvalue weighted by Crippen LogP contribution is 2.17. The molecule has 0 saturated heterocycles. The molecule has 0 bridgehead atoms. The van der Waals surface area contributed by atoms with Gasteiger partial charge in [-0.15, -0.1) is 5.26 Å². The van der Waals surface area contributed by atoms with Crippen LogP contribution in [0.1, 0.15) is 12.6 Å². The number of hydrogen-bond acceptors (Lipinski definition) is 3. The van der Waals surface area contributed by atoms with Crippen LogP contribution in [0.15, 0.2) is 30.3 Å². The summed E-state index contributed by atoms with van der Waals surface area (Å²) in [6, 6.07) is 9.92. The molecule has 0 radical (unpaired) electrons. The Labute approximate surface area is 98.8 Å². The first kappa shape index (κ1) is 11.2. The summed E-state index contributed by atoms with van der Waals surface area (Å²) in [4.78, 5) is 14.5. The van der Waals surface area contributed by atoms with Gasteiger partial charge in [-0.25, -0.2) is 0 Å². The van der Waals surface area contributed by atoms with Gasteiger partial charge in [0.15, 0.2) is 0 Å². The van der Waals surface area contributed by atoms with Crippen LogP contribution in [0.2, 0.25) is 0 Å². The van der Waals surface area contributed by atoms with Crippen molar-refractivity contribution in [3.05, 3.63) is 36.0 Å². The number of esters is 1. The van der Waals surface area contributed by atoms with Crippen LogP contribution in [-0.4, -0.2) is 11.0 Å². The number of aromatic nitrogens is 1. The molecule has 1 aromatic carbocycles. The van der Waals surface area contributed by atoms with E-state index in [1.807, 2.05) is 30.3 Å². The molecular formula is C13H12N2O2. The number of hydrogen-bond donors (Lipinski definition) is 1. The molecule has 0 aliphatic carbocycles. The first-order valence-corrected chi connectivity index (χ1v) is 5.37. The first-order chi connectivity index (χ1) is 8.20. The second kappa shape index (κ2) is 4.71. The fourth-order valence-electron chi connectivity index (χ4n) is 1.80. The Kier molecular flexibility index (Phi) is 3.10. The van der Waals surface area contributed by atoms with Crippen molar-refractivity contribution in [3.63, 3.8) is 0 Å². The van der Waals surface area contributed by atoms with Crippen LogP contribution >= 0.6 is 0 Å². The molecule has 0 saturated carbocycles. The summed E-state index contributed by atoms with van der Waals surface area (Å²) in [5.74, 6) is -0.825. The SMILES string of the molecule is CC(Cc1cc2ccccc2[nH]1)C(=O)OC#N. The van der Waals surface area contributed by atoms with Gasteiger partial charge in [0.05, 0.1) is 5.92 Å². The van der Waals surface area contributed by atoms with Crippen LogP contribution < -0.4 is 0 Å². The van der Waals surface area contributed by atoms with E-state index in [2.05, 4.69) is 9.72 Å². The third kappa shape index (κ3) is 2.45. The Morgan fingerprint density at radius 1 is 1.53 bits per heavy atom. The predicted octanol–water partition coefficient (Wildman–Crippen LogP) is 2.37. The number of nitrogens with one attached hydrogen (secondary N) is 1. The lowest BCUT2D eigenvalue weighted by Gasteiger charge is -2.04. The van der Waals surface area contributed by atoms with Crippen LogP contribution in [0.3, 0.4) is 0 Å². The molecule has 4 heteroatoms. The Hall–Kier alpha value is -2.28. The quantitative estimate of drug-likeness (QED) is 0.647. The maximum Gasteiger partial charge on any atom is 0.324 e. The number of carbonyl (C=O) groups is 1. The smallest absolute Gasteiger partial charge is 0.324 e. The number of rotatable bonds is 3. The minimum Gasteiger partial charge on any atom is -0.358 e. The number of aromatic amines is 1. The summed E-state index contributed by atoms with van der Waals surface area (Å²) in [5.41, 5.74) is 2.01. The van der Waals surface area contributed by atoms with Crippen LogP contribution in [0.5, 0.6) is 0 Å². The van der Waals surface area contributed by atoms with E-state index < -0.39 is 5.97 Å². The molecular weight excluding hydrogens is 216 g/mol. The molecule has 4 nitrogen and oxygen atoms in total. The summed E-state index contributed by atoms with van der Waals surface area (Å²) >= 11 is 0. The average Bonchev–Trinajstić information content (AvgIpc) is 2.71. The van der Waals surface area contributed by atoms with Crippen molar-refractivity contribution >= 4 is 16.9 Å². The van der Waals surface area contributed by atoms with Crippen molar-refractivity contribution in [3.8, 4) is 6.26 Å². The molecule has 1 N–H and O–H groups in total. The Morgan fingerprint density at radius 2 is 2.29 bits per heavy atom. The Balaban J connectivity index is 2.13. The number of nitriles is 1. The van der Waals surface area contributed by atoms with Crippen molar-refractivity contribution < 1.29 is 9.53 Å². The van der Waals surface area contributed by atoms with Gasteiger partial charge in [-0.2, -0.15) is 0 Å². The Bertz CT molecular complexity index is 547. The van der Waals surface area contributed by atoms with Gasteiger partial charge in [0.25, 0.3) is 6.26 Å². The maximum atomic E-state index is 11.3. The van der Waals surface area contributed by atoms with Crippen LogP contribution in [0.25, 0.3) is 10.9 Å². The molecule has 1 unspecified atom stereocenters. The van der Waals surface area contributed by atoms with Gasteiger partial charge in [-0.05, 0) is 17.5 Å². The third-order valence-corrected chi connectivity index (χ3v) is 2.66. The second-order valence-electron chi connectivity index (χ2n) is 4.00. The van der Waals surface area contributed by atoms with Crippen LogP contribution in [0, 0.1) is 17.4 Å². The molecule has 0 fully saturated rings. The summed E-state index contributed by atoms with van der Waals surface area (Å²) in [5, 5.41) is 9.38. The van der Waals surface area contributed by atoms with E-state index in [1.165, 1.54) is 6.26 Å². The molecule has 1 aromatic heterocycles. The second-order valence-corrected chi connectivity index (χ2v) is 4.00. The zero-order chi connectivity index (χ0) is 12.3. The third-order valence-electron chi connectivity index (χ3n) is 2.66. The largest absolute Gasteiger partial charge is 0.358 e. The Morgan fingerprint density at radius 3 is 3.00 bits per heavy atom. The van der Waals surface area contributed by atoms with Gasteiger partial charge in [0.1, 0.15) is 0 Å². The molecule has 17 heavy (non-hydrogen) atoms. The normalized spacial score (nSPS) is 12.0. The highest BCUT2D eigenvalue weighted by Gasteiger charge is 2.16. The van der Waals surface area contributed by atoms with Crippen molar-refractivity contribution in [2.75, 3.05) is 0 Å². The lowest BCUT2D eigenvalue weighted by molar-refractivity contribution is -0.141. The lowest BCUT2D eigenvalue weighted by Crippen LogP contribution is -2.14. The summed E-state index contributed by atoms with van der Waals surface area (Å²) < 4.78 is 4.30. The molecule has 0 aliphatic rings. The van der Waals surface area contributed by atoms with E-state index >= 15 is 0 Å². The molecule has 0 spiro atoms. The summed E-state index contributed by atoms with van der Waals surface area (Å²) in [7, 11) is 0. The van der Waals surface area contributed by atoms with Gasteiger partial charge in [0, 0.05) is 17.6 Å². The molecule has 0 aliphatic heterocycles. The van der Waals surface area contributed by atoms with E-state index in [1.54, 1.807) is 6.92 Å². The lowest BCUT2D eigenvalue weighted by atomic mass is 10.1. The van der Waals surface area contributed by atoms with Gasteiger partial charge in [0.2, 0.25) is 0 Å². The number of ether oxygens (including phenoxy) is 1. The van der Waals surface area contributed by atoms with Gasteiger partial charge in [-0.1, -0.05) is 25.1 Å². The standard InChI is InChI=1S/C13H12N2O2/c1-9(13(16)17-8-14)6-11-7-10-4-2-3-5-12(10)15-11/h2-5,7,9,15H,6H2,1H3. The molecule has 2 aromatic rings. The zero-order valence-electron chi connectivity index (χ0n) is 9.43. The van der Waals surface area contributed by atoms with E-state index in [9.17, 15) is 4.79 Å². The first-order valence-electron chi connectivity index (χ1n) is 5.37. The van der Waals surface area contributed by atoms with Crippen LogP contribution in [0.4, 0.5) is 0 Å². The number of para-hydroxylation sites is 1. The summed E-state index contributed by atoms with van der Waals surface area (Å²) in [6.07, 6.45) is 1.94. The molecule has 0 amide bonds. The number of nitrogens with zero attached hydrogens (tertiary/aromatic N) is 1. The monoisotopic (exact) mass is 228 g/mol. The highest BCUT2D eigenvalue weighted by molar-refractivity contribution is 5.80. The van der Waals surface area contributed by atoms with Crippen molar-refractivity contribution in [2.24, 2.45) is 5.92 Å². The number of carbonyl (C=O) groups excluding carboxylic acids is 1. The molecule has 1 heterocycles. The van der Waals surface area contributed by atoms with Gasteiger partial charge in [-0.3, -0.25) is 4.79 Å². The van der Waals surface area contributed by atoms with Crippen molar-refractivity contribution in [2.45, 2.75) is 13.3 Å². The molecule has 86 valence electrons. The average molecular weight is 228 g/mol. The van der Waals surface area contributed by atoms with Crippen molar-refractivity contribution in [1.29, 1.82) is 5.26 Å². The minimum absolute atomic E-state index is 0.331. The van der Waals surface area contributed by atoms with E-state index in [4.69, 9.17) is 5.26 Å². The molecule has 1 atom stereocenters. The van der Waals surface area contributed by atoms with Crippen molar-refractivity contribution in [1.82, 2.24) is 4.98 Å². The van der Waals surface area contributed by atoms with Crippen LogP contribution in [-0.2, 0) is 16.0 Å². The fourth-order valence-corrected chi connectivity index (χ4v) is 1.80. The maximum absolute atomic E-state index is 11.3. The number of fused-ring (bicyclic) bond motifs is 1. The van der Waals surface area contributed by atoms with E-state index in [-0.39, 0.29) is 5.92 Å². The zero-order valence-corrected chi connectivity index (χ0v) is 9.43. The van der Waals surface area contributed by atoms with Gasteiger partial charge >= 0.3 is 5.97 Å². The minimum atomic E-state index is -0.494. The highest BCUT2D eigenvalue weighted by atomic mass is 16.5. The summed E-state index contributed by atoms with van der Waals surface area (Å²) in [6.45, 7) is 1.74. The molecule has 2 rings (SSSR count).